The number of halogens is 1. The van der Waals surface area contributed by atoms with Crippen LogP contribution in [0.25, 0.3) is 0 Å². The maximum atomic E-state index is 11.2. The smallest absolute Gasteiger partial charge is 0.230 e. The minimum atomic E-state index is -1.21. The molecule has 79 valence electrons. The van der Waals surface area contributed by atoms with Crippen molar-refractivity contribution in [3.8, 4) is 0 Å². The summed E-state index contributed by atoms with van der Waals surface area (Å²) in [5.41, 5.74) is 1.47. The fourth-order valence-electron chi connectivity index (χ4n) is 1.62. The lowest BCUT2D eigenvalue weighted by Crippen LogP contribution is -2.21. The molecule has 0 saturated carbocycles. The second kappa shape index (κ2) is 4.50. The molecule has 0 saturated heterocycles. The summed E-state index contributed by atoms with van der Waals surface area (Å²) in [5.74, 6) is 0. The van der Waals surface area contributed by atoms with E-state index in [9.17, 15) is 4.79 Å². The van der Waals surface area contributed by atoms with E-state index in [0.29, 0.717) is 0 Å². The normalized spacial score (nSPS) is 11.1. The van der Waals surface area contributed by atoms with Crippen LogP contribution in [0, 0.1) is 0 Å². The third-order valence-corrected chi connectivity index (χ3v) is 3.00. The molecule has 0 unspecified atom stereocenters. The Bertz CT molecular complexity index is 425. The number of alkyl halides is 1. The molecule has 0 N–H and O–H groups in total. The summed E-state index contributed by atoms with van der Waals surface area (Å²) in [7, 11) is 0. The van der Waals surface area contributed by atoms with E-state index in [-0.39, 0.29) is 0 Å². The van der Waals surface area contributed by atoms with Gasteiger partial charge in [-0.25, -0.2) is 0 Å². The zero-order valence-corrected chi connectivity index (χ0v) is 9.32. The molecule has 0 fully saturated rings. The molecule has 0 atom stereocenters. The van der Waals surface area contributed by atoms with Gasteiger partial charge in [0.1, 0.15) is 0 Å². The molecule has 16 heavy (non-hydrogen) atoms. The summed E-state index contributed by atoms with van der Waals surface area (Å²) in [5, 5.41) is 0. The van der Waals surface area contributed by atoms with Gasteiger partial charge in [0.05, 0.1) is 0 Å². The summed E-state index contributed by atoms with van der Waals surface area (Å²) in [6.07, 6.45) is 1.93. The SMILES string of the molecule is O=[C]C(Cl)(c1ccccc1)c1ccccc1. The van der Waals surface area contributed by atoms with E-state index in [1.807, 2.05) is 66.9 Å². The lowest BCUT2D eigenvalue weighted by atomic mass is 9.92. The zero-order valence-electron chi connectivity index (χ0n) is 8.56. The molecular weight excluding hydrogens is 220 g/mol. The van der Waals surface area contributed by atoms with Crippen molar-refractivity contribution in [3.05, 3.63) is 71.8 Å². The van der Waals surface area contributed by atoms with Crippen LogP contribution in [0.3, 0.4) is 0 Å². The van der Waals surface area contributed by atoms with E-state index >= 15 is 0 Å². The van der Waals surface area contributed by atoms with E-state index in [1.54, 1.807) is 0 Å². The average molecular weight is 230 g/mol. The van der Waals surface area contributed by atoms with Crippen LogP contribution in [0.2, 0.25) is 0 Å². The van der Waals surface area contributed by atoms with Crippen LogP contribution in [0.5, 0.6) is 0 Å². The van der Waals surface area contributed by atoms with E-state index < -0.39 is 4.87 Å². The van der Waals surface area contributed by atoms with Gasteiger partial charge in [-0.05, 0) is 11.1 Å². The quantitative estimate of drug-likeness (QED) is 0.739. The number of hydrogen-bond acceptors (Lipinski definition) is 1. The molecule has 0 aliphatic carbocycles. The molecule has 0 bridgehead atoms. The summed E-state index contributed by atoms with van der Waals surface area (Å²) >= 11 is 6.35. The van der Waals surface area contributed by atoms with Crippen LogP contribution < -0.4 is 0 Å². The van der Waals surface area contributed by atoms with E-state index in [0.717, 1.165) is 11.1 Å². The molecule has 2 rings (SSSR count). The largest absolute Gasteiger partial charge is 0.288 e. The standard InChI is InChI=1S/C14H10ClO/c15-14(11-16,12-7-3-1-4-8-12)13-9-5-2-6-10-13/h1-10H. The number of hydrogen-bond donors (Lipinski definition) is 0. The van der Waals surface area contributed by atoms with Gasteiger partial charge in [-0.1, -0.05) is 72.3 Å². The van der Waals surface area contributed by atoms with Gasteiger partial charge in [-0.2, -0.15) is 0 Å². The Morgan fingerprint density at radius 2 is 1.19 bits per heavy atom. The minimum Gasteiger partial charge on any atom is -0.288 e. The van der Waals surface area contributed by atoms with Crippen molar-refractivity contribution < 1.29 is 4.79 Å². The highest BCUT2D eigenvalue weighted by atomic mass is 35.5. The maximum absolute atomic E-state index is 11.2. The maximum Gasteiger partial charge on any atom is 0.230 e. The van der Waals surface area contributed by atoms with Gasteiger partial charge in [0, 0.05) is 0 Å². The summed E-state index contributed by atoms with van der Waals surface area (Å²) in [6, 6.07) is 18.5. The van der Waals surface area contributed by atoms with Gasteiger partial charge in [-0.15, -0.1) is 0 Å². The first-order chi connectivity index (χ1) is 7.77. The van der Waals surface area contributed by atoms with Gasteiger partial charge in [-0.3, -0.25) is 4.79 Å². The lowest BCUT2D eigenvalue weighted by Gasteiger charge is -2.20. The summed E-state index contributed by atoms with van der Waals surface area (Å²) in [4.78, 5) is 9.96. The molecule has 1 radical (unpaired) electrons. The molecule has 0 aromatic heterocycles. The number of carbonyl (C=O) groups excluding carboxylic acids is 1. The highest BCUT2D eigenvalue weighted by Crippen LogP contribution is 2.34. The Morgan fingerprint density at radius 3 is 1.50 bits per heavy atom. The third kappa shape index (κ3) is 1.86. The zero-order chi connectivity index (χ0) is 11.4. The third-order valence-electron chi connectivity index (χ3n) is 2.48. The van der Waals surface area contributed by atoms with E-state index in [4.69, 9.17) is 11.6 Å². The Kier molecular flexibility index (Phi) is 3.07. The van der Waals surface area contributed by atoms with Crippen LogP contribution >= 0.6 is 11.6 Å². The molecule has 0 heterocycles. The van der Waals surface area contributed by atoms with E-state index in [2.05, 4.69) is 0 Å². The Labute approximate surface area is 99.7 Å². The first-order valence-electron chi connectivity index (χ1n) is 4.96. The highest BCUT2D eigenvalue weighted by molar-refractivity contribution is 6.33. The second-order valence-corrected chi connectivity index (χ2v) is 4.06. The molecule has 2 heteroatoms. The van der Waals surface area contributed by atoms with Crippen molar-refractivity contribution in [2.24, 2.45) is 0 Å². The van der Waals surface area contributed by atoms with Gasteiger partial charge in [0.25, 0.3) is 0 Å². The van der Waals surface area contributed by atoms with Crippen LogP contribution in [0.4, 0.5) is 0 Å². The molecular formula is C14H10ClO. The molecule has 0 spiro atoms. The van der Waals surface area contributed by atoms with Crippen molar-refractivity contribution >= 4 is 17.9 Å². The molecule has 0 amide bonds. The predicted molar refractivity (Wildman–Crippen MR) is 65.2 cm³/mol. The lowest BCUT2D eigenvalue weighted by molar-refractivity contribution is 0.543. The first-order valence-corrected chi connectivity index (χ1v) is 5.34. The Balaban J connectivity index is 2.53. The first kappa shape index (κ1) is 10.9. The van der Waals surface area contributed by atoms with Crippen molar-refractivity contribution in [1.29, 1.82) is 0 Å². The van der Waals surface area contributed by atoms with Crippen LogP contribution in [-0.4, -0.2) is 6.29 Å². The highest BCUT2D eigenvalue weighted by Gasteiger charge is 2.32. The molecule has 2 aromatic rings. The van der Waals surface area contributed by atoms with Crippen molar-refractivity contribution in [2.75, 3.05) is 0 Å². The summed E-state index contributed by atoms with van der Waals surface area (Å²) in [6.45, 7) is 0. The molecule has 0 aliphatic heterocycles. The molecule has 2 aromatic carbocycles. The molecule has 0 aliphatic rings. The minimum absolute atomic E-state index is 0.734. The van der Waals surface area contributed by atoms with Gasteiger partial charge in [0.15, 0.2) is 4.87 Å². The Hall–Kier alpha value is -1.60. The van der Waals surface area contributed by atoms with Crippen molar-refractivity contribution in [3.63, 3.8) is 0 Å². The van der Waals surface area contributed by atoms with Gasteiger partial charge >= 0.3 is 0 Å². The number of benzene rings is 2. The van der Waals surface area contributed by atoms with Crippen molar-refractivity contribution in [1.82, 2.24) is 0 Å². The average Bonchev–Trinajstić information content (AvgIpc) is 2.40. The predicted octanol–water partition coefficient (Wildman–Crippen LogP) is 3.28. The van der Waals surface area contributed by atoms with E-state index in [1.165, 1.54) is 0 Å². The fourth-order valence-corrected chi connectivity index (χ4v) is 1.87. The van der Waals surface area contributed by atoms with Crippen LogP contribution in [0.1, 0.15) is 11.1 Å². The molecule has 1 nitrogen and oxygen atoms in total. The van der Waals surface area contributed by atoms with Crippen LogP contribution in [-0.2, 0) is 9.67 Å². The van der Waals surface area contributed by atoms with Gasteiger partial charge < -0.3 is 0 Å². The Morgan fingerprint density at radius 1 is 0.812 bits per heavy atom. The fraction of sp³-hybridized carbons (Fsp3) is 0.0714. The number of rotatable bonds is 3. The van der Waals surface area contributed by atoms with Crippen molar-refractivity contribution in [2.45, 2.75) is 4.87 Å². The summed E-state index contributed by atoms with van der Waals surface area (Å²) < 4.78 is 0. The van der Waals surface area contributed by atoms with Crippen LogP contribution in [0.15, 0.2) is 60.7 Å². The second-order valence-electron chi connectivity index (χ2n) is 3.49. The monoisotopic (exact) mass is 229 g/mol. The van der Waals surface area contributed by atoms with Gasteiger partial charge in [0.2, 0.25) is 6.29 Å². The topological polar surface area (TPSA) is 17.1 Å².